The molecule has 2 aromatic carbocycles. The zero-order valence-corrected chi connectivity index (χ0v) is 11.1. The normalized spacial score (nSPS) is 15.5. The molecule has 2 aromatic rings. The van der Waals surface area contributed by atoms with Crippen LogP contribution in [0.5, 0.6) is 5.75 Å². The number of allylic oxidation sites excluding steroid dienone is 1. The summed E-state index contributed by atoms with van der Waals surface area (Å²) in [4.78, 5) is 12.2. The number of Topliss-reactive ketones (excluding diaryl/α,β-unsaturated/α-hetero) is 1. The van der Waals surface area contributed by atoms with Crippen molar-refractivity contribution in [2.45, 2.75) is 6.92 Å². The van der Waals surface area contributed by atoms with Gasteiger partial charge in [0.05, 0.1) is 5.56 Å². The molecule has 0 spiro atoms. The summed E-state index contributed by atoms with van der Waals surface area (Å²) in [7, 11) is 0. The van der Waals surface area contributed by atoms with Crippen molar-refractivity contribution in [3.05, 3.63) is 69.9 Å². The van der Waals surface area contributed by atoms with Gasteiger partial charge in [0.25, 0.3) is 0 Å². The van der Waals surface area contributed by atoms with Crippen molar-refractivity contribution in [3.8, 4) is 5.75 Å². The Bertz CT molecular complexity index is 684. The van der Waals surface area contributed by atoms with Crippen molar-refractivity contribution in [2.24, 2.45) is 0 Å². The summed E-state index contributed by atoms with van der Waals surface area (Å²) >= 11 is 5.83. The van der Waals surface area contributed by atoms with Crippen LogP contribution in [0.3, 0.4) is 0 Å². The van der Waals surface area contributed by atoms with Crippen molar-refractivity contribution in [2.75, 3.05) is 0 Å². The molecule has 1 aliphatic rings. The van der Waals surface area contributed by atoms with E-state index in [0.717, 1.165) is 11.1 Å². The monoisotopic (exact) mass is 270 g/mol. The molecular weight excluding hydrogens is 260 g/mol. The maximum atomic E-state index is 12.2. The number of ether oxygens (including phenoxy) is 1. The number of hydrogen-bond donors (Lipinski definition) is 0. The Labute approximate surface area is 116 Å². The lowest BCUT2D eigenvalue weighted by Gasteiger charge is -1.98. The van der Waals surface area contributed by atoms with Crippen molar-refractivity contribution >= 4 is 23.5 Å². The SMILES string of the molecule is Cc1ccc2c(c1)C(=O)/C(=C/c1ccc(Cl)cc1)O2. The van der Waals surface area contributed by atoms with Gasteiger partial charge in [0.2, 0.25) is 5.78 Å². The van der Waals surface area contributed by atoms with E-state index in [-0.39, 0.29) is 5.78 Å². The van der Waals surface area contributed by atoms with Gasteiger partial charge in [-0.3, -0.25) is 4.79 Å². The lowest BCUT2D eigenvalue weighted by Crippen LogP contribution is -1.98. The minimum Gasteiger partial charge on any atom is -0.452 e. The molecule has 94 valence electrons. The first-order valence-corrected chi connectivity index (χ1v) is 6.32. The highest BCUT2D eigenvalue weighted by atomic mass is 35.5. The molecule has 0 unspecified atom stereocenters. The number of halogens is 1. The minimum absolute atomic E-state index is 0.0753. The van der Waals surface area contributed by atoms with E-state index in [1.165, 1.54) is 0 Å². The topological polar surface area (TPSA) is 26.3 Å². The quantitative estimate of drug-likeness (QED) is 0.724. The molecule has 0 bridgehead atoms. The Morgan fingerprint density at radius 2 is 1.84 bits per heavy atom. The highest BCUT2D eigenvalue weighted by molar-refractivity contribution is 6.30. The molecule has 3 heteroatoms. The summed E-state index contributed by atoms with van der Waals surface area (Å²) in [5.74, 6) is 0.896. The van der Waals surface area contributed by atoms with Gasteiger partial charge in [-0.05, 0) is 42.8 Å². The van der Waals surface area contributed by atoms with Crippen LogP contribution in [0.25, 0.3) is 6.08 Å². The Balaban J connectivity index is 1.97. The maximum Gasteiger partial charge on any atom is 0.231 e. The third kappa shape index (κ3) is 2.27. The van der Waals surface area contributed by atoms with Crippen LogP contribution in [0, 0.1) is 6.92 Å². The molecule has 1 aliphatic heterocycles. The molecule has 0 N–H and O–H groups in total. The summed E-state index contributed by atoms with van der Waals surface area (Å²) in [6, 6.07) is 12.9. The smallest absolute Gasteiger partial charge is 0.231 e. The van der Waals surface area contributed by atoms with Crippen LogP contribution >= 0.6 is 11.6 Å². The standard InChI is InChI=1S/C16H11ClO2/c1-10-2-7-14-13(8-10)16(18)15(19-14)9-11-3-5-12(17)6-4-11/h2-9H,1H3/b15-9-. The van der Waals surface area contributed by atoms with Crippen molar-refractivity contribution in [1.82, 2.24) is 0 Å². The van der Waals surface area contributed by atoms with E-state index in [1.807, 2.05) is 37.3 Å². The summed E-state index contributed by atoms with van der Waals surface area (Å²) < 4.78 is 5.59. The third-order valence-electron chi connectivity index (χ3n) is 2.99. The molecule has 0 aliphatic carbocycles. The van der Waals surface area contributed by atoms with Crippen LogP contribution in [0.1, 0.15) is 21.5 Å². The molecule has 0 saturated carbocycles. The maximum absolute atomic E-state index is 12.2. The molecule has 0 fully saturated rings. The average molecular weight is 271 g/mol. The third-order valence-corrected chi connectivity index (χ3v) is 3.24. The molecule has 0 saturated heterocycles. The highest BCUT2D eigenvalue weighted by Gasteiger charge is 2.26. The summed E-state index contributed by atoms with van der Waals surface area (Å²) in [6.45, 7) is 1.95. The summed E-state index contributed by atoms with van der Waals surface area (Å²) in [5.41, 5.74) is 2.56. The van der Waals surface area contributed by atoms with Crippen LogP contribution in [-0.4, -0.2) is 5.78 Å². The van der Waals surface area contributed by atoms with E-state index < -0.39 is 0 Å². The molecule has 0 amide bonds. The number of benzene rings is 2. The molecule has 3 rings (SSSR count). The van der Waals surface area contributed by atoms with Crippen LogP contribution in [0.15, 0.2) is 48.2 Å². The first-order valence-electron chi connectivity index (χ1n) is 5.94. The van der Waals surface area contributed by atoms with Crippen molar-refractivity contribution in [3.63, 3.8) is 0 Å². The predicted octanol–water partition coefficient (Wildman–Crippen LogP) is 4.26. The lowest BCUT2D eigenvalue weighted by atomic mass is 10.1. The number of aryl methyl sites for hydroxylation is 1. The van der Waals surface area contributed by atoms with E-state index in [4.69, 9.17) is 16.3 Å². The molecule has 19 heavy (non-hydrogen) atoms. The van der Waals surface area contributed by atoms with Gasteiger partial charge >= 0.3 is 0 Å². The first kappa shape index (κ1) is 12.0. The fourth-order valence-corrected chi connectivity index (χ4v) is 2.14. The Morgan fingerprint density at radius 1 is 1.11 bits per heavy atom. The number of carbonyl (C=O) groups excluding carboxylic acids is 1. The van der Waals surface area contributed by atoms with Gasteiger partial charge in [0, 0.05) is 5.02 Å². The van der Waals surface area contributed by atoms with Crippen molar-refractivity contribution < 1.29 is 9.53 Å². The van der Waals surface area contributed by atoms with Crippen LogP contribution in [0.4, 0.5) is 0 Å². The van der Waals surface area contributed by atoms with Gasteiger partial charge in [-0.15, -0.1) is 0 Å². The predicted molar refractivity (Wildman–Crippen MR) is 75.6 cm³/mol. The molecule has 0 radical (unpaired) electrons. The van der Waals surface area contributed by atoms with Crippen LogP contribution < -0.4 is 4.74 Å². The number of fused-ring (bicyclic) bond motifs is 1. The summed E-state index contributed by atoms with van der Waals surface area (Å²) in [5, 5.41) is 0.666. The Hall–Kier alpha value is -2.06. The number of carbonyl (C=O) groups is 1. The van der Waals surface area contributed by atoms with Gasteiger partial charge in [0.1, 0.15) is 5.75 Å². The first-order chi connectivity index (χ1) is 9.13. The van der Waals surface area contributed by atoms with E-state index >= 15 is 0 Å². The summed E-state index contributed by atoms with van der Waals surface area (Å²) in [6.07, 6.45) is 1.73. The second kappa shape index (κ2) is 4.56. The number of ketones is 1. The minimum atomic E-state index is -0.0753. The van der Waals surface area contributed by atoms with E-state index in [9.17, 15) is 4.79 Å². The number of rotatable bonds is 1. The fourth-order valence-electron chi connectivity index (χ4n) is 2.01. The zero-order chi connectivity index (χ0) is 13.4. The van der Waals surface area contributed by atoms with Gasteiger partial charge in [-0.2, -0.15) is 0 Å². The highest BCUT2D eigenvalue weighted by Crippen LogP contribution is 2.32. The molecule has 0 atom stereocenters. The second-order valence-electron chi connectivity index (χ2n) is 4.49. The largest absolute Gasteiger partial charge is 0.452 e. The Morgan fingerprint density at radius 3 is 2.58 bits per heavy atom. The van der Waals surface area contributed by atoms with Crippen LogP contribution in [-0.2, 0) is 0 Å². The van der Waals surface area contributed by atoms with E-state index in [0.29, 0.717) is 22.1 Å². The van der Waals surface area contributed by atoms with Gasteiger partial charge in [-0.25, -0.2) is 0 Å². The molecule has 2 nitrogen and oxygen atoms in total. The van der Waals surface area contributed by atoms with Crippen molar-refractivity contribution in [1.29, 1.82) is 0 Å². The van der Waals surface area contributed by atoms with E-state index in [2.05, 4.69) is 0 Å². The van der Waals surface area contributed by atoms with Crippen LogP contribution in [0.2, 0.25) is 5.02 Å². The molecule has 0 aromatic heterocycles. The average Bonchev–Trinajstić information content (AvgIpc) is 2.70. The van der Waals surface area contributed by atoms with Gasteiger partial charge in [-0.1, -0.05) is 35.4 Å². The second-order valence-corrected chi connectivity index (χ2v) is 4.93. The van der Waals surface area contributed by atoms with Gasteiger partial charge < -0.3 is 4.74 Å². The van der Waals surface area contributed by atoms with Gasteiger partial charge in [0.15, 0.2) is 5.76 Å². The molecule has 1 heterocycles. The van der Waals surface area contributed by atoms with E-state index in [1.54, 1.807) is 18.2 Å². The number of hydrogen-bond acceptors (Lipinski definition) is 2. The lowest BCUT2D eigenvalue weighted by molar-refractivity contribution is 0.101. The fraction of sp³-hybridized carbons (Fsp3) is 0.0625. The Kier molecular flexibility index (Phi) is 2.88. The molecular formula is C16H11ClO2. The zero-order valence-electron chi connectivity index (χ0n) is 10.3.